The average Bonchev–Trinajstić information content (AvgIpc) is 2.96. The molecule has 0 bridgehead atoms. The Labute approximate surface area is 109 Å². The molecule has 2 aliphatic heterocycles. The summed E-state index contributed by atoms with van der Waals surface area (Å²) in [6.07, 6.45) is 1.18. The van der Waals surface area contributed by atoms with Crippen LogP contribution in [-0.4, -0.2) is 38.3 Å². The molecule has 2 aliphatic rings. The Hall–Kier alpha value is -0.900. The van der Waals surface area contributed by atoms with Crippen LogP contribution in [0.1, 0.15) is 17.5 Å². The number of hydrogen-bond donors (Lipinski definition) is 1. The molecule has 0 spiro atoms. The zero-order chi connectivity index (χ0) is 12.4. The van der Waals surface area contributed by atoms with Gasteiger partial charge in [-0.1, -0.05) is 24.3 Å². The Morgan fingerprint density at radius 3 is 2.56 bits per heavy atom. The molecule has 0 aromatic heterocycles. The first-order chi connectivity index (χ1) is 8.81. The van der Waals surface area contributed by atoms with E-state index in [0.29, 0.717) is 5.41 Å². The molecular formula is C15H22N2O. The van der Waals surface area contributed by atoms with Gasteiger partial charge in [0.15, 0.2) is 0 Å². The van der Waals surface area contributed by atoms with Gasteiger partial charge in [-0.05, 0) is 24.6 Å². The van der Waals surface area contributed by atoms with Gasteiger partial charge in [-0.25, -0.2) is 0 Å². The largest absolute Gasteiger partial charge is 0.381 e. The van der Waals surface area contributed by atoms with Crippen molar-refractivity contribution in [2.45, 2.75) is 19.5 Å². The molecule has 18 heavy (non-hydrogen) atoms. The standard InChI is InChI=1S/C15H22N2O/c1-16-10-15(6-7-18-12-15)11-17-8-13-4-2-3-5-14(13)9-17/h2-5,16H,6-12H2,1H3. The average molecular weight is 246 g/mol. The minimum Gasteiger partial charge on any atom is -0.381 e. The van der Waals surface area contributed by atoms with Gasteiger partial charge in [0.25, 0.3) is 0 Å². The first-order valence-electron chi connectivity index (χ1n) is 6.83. The fourth-order valence-electron chi connectivity index (χ4n) is 3.33. The lowest BCUT2D eigenvalue weighted by Gasteiger charge is -2.31. The summed E-state index contributed by atoms with van der Waals surface area (Å²) in [6.45, 7) is 6.22. The van der Waals surface area contributed by atoms with Crippen molar-refractivity contribution in [2.24, 2.45) is 5.41 Å². The minimum absolute atomic E-state index is 0.316. The van der Waals surface area contributed by atoms with E-state index in [1.54, 1.807) is 0 Å². The van der Waals surface area contributed by atoms with Gasteiger partial charge in [0.1, 0.15) is 0 Å². The third kappa shape index (κ3) is 2.30. The second-order valence-corrected chi connectivity index (χ2v) is 5.75. The van der Waals surface area contributed by atoms with Crippen molar-refractivity contribution in [1.29, 1.82) is 0 Å². The smallest absolute Gasteiger partial charge is 0.0547 e. The summed E-state index contributed by atoms with van der Waals surface area (Å²) in [6, 6.07) is 8.80. The van der Waals surface area contributed by atoms with Gasteiger partial charge < -0.3 is 10.1 Å². The Balaban J connectivity index is 1.67. The predicted molar refractivity (Wildman–Crippen MR) is 72.4 cm³/mol. The van der Waals surface area contributed by atoms with Crippen molar-refractivity contribution < 1.29 is 4.74 Å². The van der Waals surface area contributed by atoms with Crippen LogP contribution in [0.15, 0.2) is 24.3 Å². The lowest BCUT2D eigenvalue weighted by atomic mass is 9.86. The molecule has 2 heterocycles. The highest BCUT2D eigenvalue weighted by Gasteiger charge is 2.37. The second-order valence-electron chi connectivity index (χ2n) is 5.75. The van der Waals surface area contributed by atoms with Gasteiger partial charge in [-0.15, -0.1) is 0 Å². The van der Waals surface area contributed by atoms with Crippen LogP contribution < -0.4 is 5.32 Å². The molecule has 1 aromatic carbocycles. The van der Waals surface area contributed by atoms with Crippen LogP contribution in [-0.2, 0) is 17.8 Å². The lowest BCUT2D eigenvalue weighted by molar-refractivity contribution is 0.109. The fraction of sp³-hybridized carbons (Fsp3) is 0.600. The van der Waals surface area contributed by atoms with Crippen LogP contribution in [0.4, 0.5) is 0 Å². The Morgan fingerprint density at radius 2 is 2.00 bits per heavy atom. The van der Waals surface area contributed by atoms with E-state index in [-0.39, 0.29) is 0 Å². The van der Waals surface area contributed by atoms with Crippen molar-refractivity contribution in [1.82, 2.24) is 10.2 Å². The van der Waals surface area contributed by atoms with E-state index < -0.39 is 0 Å². The van der Waals surface area contributed by atoms with Gasteiger partial charge >= 0.3 is 0 Å². The number of rotatable bonds is 4. The van der Waals surface area contributed by atoms with Crippen molar-refractivity contribution in [3.8, 4) is 0 Å². The van der Waals surface area contributed by atoms with E-state index in [0.717, 1.165) is 39.4 Å². The number of benzene rings is 1. The Morgan fingerprint density at radius 1 is 1.28 bits per heavy atom. The highest BCUT2D eigenvalue weighted by molar-refractivity contribution is 5.30. The molecule has 98 valence electrons. The summed E-state index contributed by atoms with van der Waals surface area (Å²) in [7, 11) is 2.04. The third-order valence-corrected chi connectivity index (χ3v) is 4.20. The van der Waals surface area contributed by atoms with Crippen molar-refractivity contribution in [3.05, 3.63) is 35.4 Å². The number of hydrogen-bond acceptors (Lipinski definition) is 3. The molecule has 1 saturated heterocycles. The molecule has 0 amide bonds. The summed E-state index contributed by atoms with van der Waals surface area (Å²) in [4.78, 5) is 2.57. The molecule has 1 N–H and O–H groups in total. The molecule has 1 atom stereocenters. The molecule has 0 radical (unpaired) electrons. The first-order valence-corrected chi connectivity index (χ1v) is 6.83. The molecule has 0 saturated carbocycles. The molecular weight excluding hydrogens is 224 g/mol. The van der Waals surface area contributed by atoms with E-state index in [9.17, 15) is 0 Å². The van der Waals surface area contributed by atoms with E-state index in [2.05, 4.69) is 34.5 Å². The van der Waals surface area contributed by atoms with Crippen LogP contribution in [0.3, 0.4) is 0 Å². The number of nitrogens with zero attached hydrogens (tertiary/aromatic N) is 1. The topological polar surface area (TPSA) is 24.5 Å². The van der Waals surface area contributed by atoms with Gasteiger partial charge in [-0.3, -0.25) is 4.90 Å². The quantitative estimate of drug-likeness (QED) is 0.874. The summed E-state index contributed by atoms with van der Waals surface area (Å²) in [5, 5.41) is 3.34. The zero-order valence-corrected chi connectivity index (χ0v) is 11.1. The van der Waals surface area contributed by atoms with Gasteiger partial charge in [0.2, 0.25) is 0 Å². The molecule has 3 heteroatoms. The maximum absolute atomic E-state index is 5.63. The van der Waals surface area contributed by atoms with E-state index in [1.165, 1.54) is 17.5 Å². The molecule has 1 unspecified atom stereocenters. The highest BCUT2D eigenvalue weighted by atomic mass is 16.5. The fourth-order valence-corrected chi connectivity index (χ4v) is 3.33. The summed E-state index contributed by atoms with van der Waals surface area (Å²) in [5.41, 5.74) is 3.31. The molecule has 1 aromatic rings. The predicted octanol–water partition coefficient (Wildman–Crippen LogP) is 1.63. The first kappa shape index (κ1) is 12.2. The van der Waals surface area contributed by atoms with Crippen LogP contribution in [0.25, 0.3) is 0 Å². The number of nitrogens with one attached hydrogen (secondary N) is 1. The SMILES string of the molecule is CNCC1(CN2Cc3ccccc3C2)CCOC1. The van der Waals surface area contributed by atoms with Gasteiger partial charge in [0, 0.05) is 38.2 Å². The highest BCUT2D eigenvalue weighted by Crippen LogP contribution is 2.32. The summed E-state index contributed by atoms with van der Waals surface area (Å²) < 4.78 is 5.63. The van der Waals surface area contributed by atoms with E-state index in [1.807, 2.05) is 7.05 Å². The molecule has 3 nitrogen and oxygen atoms in total. The van der Waals surface area contributed by atoms with Crippen LogP contribution in [0.5, 0.6) is 0 Å². The lowest BCUT2D eigenvalue weighted by Crippen LogP contribution is -2.42. The molecule has 1 fully saturated rings. The van der Waals surface area contributed by atoms with E-state index in [4.69, 9.17) is 4.74 Å². The van der Waals surface area contributed by atoms with Crippen molar-refractivity contribution in [3.63, 3.8) is 0 Å². The van der Waals surface area contributed by atoms with E-state index >= 15 is 0 Å². The number of fused-ring (bicyclic) bond motifs is 1. The third-order valence-electron chi connectivity index (χ3n) is 4.20. The zero-order valence-electron chi connectivity index (χ0n) is 11.1. The van der Waals surface area contributed by atoms with Gasteiger partial charge in [-0.2, -0.15) is 0 Å². The maximum Gasteiger partial charge on any atom is 0.0547 e. The monoisotopic (exact) mass is 246 g/mol. The number of ether oxygens (including phenoxy) is 1. The summed E-state index contributed by atoms with van der Waals surface area (Å²) in [5.74, 6) is 0. The molecule has 3 rings (SSSR count). The van der Waals surface area contributed by atoms with Crippen LogP contribution in [0.2, 0.25) is 0 Å². The second kappa shape index (κ2) is 5.00. The summed E-state index contributed by atoms with van der Waals surface area (Å²) >= 11 is 0. The minimum atomic E-state index is 0.316. The normalized spacial score (nSPS) is 27.6. The van der Waals surface area contributed by atoms with Crippen molar-refractivity contribution >= 4 is 0 Å². The van der Waals surface area contributed by atoms with Crippen LogP contribution >= 0.6 is 0 Å². The maximum atomic E-state index is 5.63. The Bertz CT molecular complexity index is 388. The van der Waals surface area contributed by atoms with Crippen molar-refractivity contribution in [2.75, 3.05) is 33.4 Å². The Kier molecular flexibility index (Phi) is 3.37. The van der Waals surface area contributed by atoms with Gasteiger partial charge in [0.05, 0.1) is 6.61 Å². The van der Waals surface area contributed by atoms with Crippen LogP contribution in [0, 0.1) is 5.41 Å². The molecule has 0 aliphatic carbocycles.